The molecule has 11 nitrogen and oxygen atoms in total. The van der Waals surface area contributed by atoms with Gasteiger partial charge in [-0.15, -0.1) is 11.3 Å². The minimum atomic E-state index is -1.51. The number of fused-ring (bicyclic) bond motifs is 1. The van der Waals surface area contributed by atoms with E-state index in [9.17, 15) is 24.5 Å². The molecule has 3 rings (SSSR count). The minimum absolute atomic E-state index is 0.0374. The van der Waals surface area contributed by atoms with Gasteiger partial charge in [0.15, 0.2) is 11.2 Å². The number of carbonyl (C=O) groups excluding carboxylic acids is 2. The predicted octanol–water partition coefficient (Wildman–Crippen LogP) is -1.29. The summed E-state index contributed by atoms with van der Waals surface area (Å²) in [6.45, 7) is -0.829. The van der Waals surface area contributed by atoms with Crippen molar-refractivity contribution < 1.29 is 34.3 Å². The van der Waals surface area contributed by atoms with Crippen LogP contribution in [0.3, 0.4) is 0 Å². The number of thiazole rings is 1. The zero-order valence-electron chi connectivity index (χ0n) is 14.9. The number of aromatic nitrogens is 1. The highest BCUT2D eigenvalue weighted by Gasteiger charge is 2.39. The van der Waals surface area contributed by atoms with Gasteiger partial charge in [0, 0.05) is 5.38 Å². The van der Waals surface area contributed by atoms with Gasteiger partial charge in [-0.05, 0) is 18.1 Å². The second-order valence-corrected chi connectivity index (χ2v) is 7.09. The van der Waals surface area contributed by atoms with Gasteiger partial charge in [0.05, 0.1) is 17.2 Å². The summed E-state index contributed by atoms with van der Waals surface area (Å²) in [6.07, 6.45) is 0.100. The summed E-state index contributed by atoms with van der Waals surface area (Å²) in [5.41, 5.74) is 6.15. The van der Waals surface area contributed by atoms with Gasteiger partial charge in [0.25, 0.3) is 0 Å². The number of carboxylic acid groups (broad SMARTS) is 1. The lowest BCUT2D eigenvalue weighted by Gasteiger charge is -2.30. The van der Waals surface area contributed by atoms with Gasteiger partial charge >= 0.3 is 13.1 Å². The molecule has 2 atom stereocenters. The van der Waals surface area contributed by atoms with E-state index in [1.165, 1.54) is 17.5 Å². The van der Waals surface area contributed by atoms with Crippen LogP contribution in [-0.4, -0.2) is 57.7 Å². The number of nitrogen functional groups attached to an aromatic ring is 1. The Morgan fingerprint density at radius 3 is 2.79 bits per heavy atom. The molecule has 2 aromatic rings. The number of amides is 2. The van der Waals surface area contributed by atoms with Crippen molar-refractivity contribution in [3.63, 3.8) is 0 Å². The Kier molecular flexibility index (Phi) is 6.01. The van der Waals surface area contributed by atoms with E-state index in [0.717, 1.165) is 11.3 Å². The van der Waals surface area contributed by atoms with Crippen molar-refractivity contribution in [3.05, 3.63) is 40.4 Å². The number of aliphatic hydroxyl groups is 1. The standard InChI is InChI=1S/C16H17BN4O7S/c18-16-19-9(6-29-16)12(21-11(23)5-22)14(24)20-10-4-7-2-1-3-8(15(25)26)13(7)28-17(10)27/h1-3,6,10,12,22,27H,4-5H2,(H2,18,19)(H,20,24)(H,21,23)(H,25,26)/t10-,12?/m0/s1. The molecule has 1 aliphatic rings. The lowest BCUT2D eigenvalue weighted by atomic mass is 9.72. The van der Waals surface area contributed by atoms with E-state index in [1.54, 1.807) is 6.07 Å². The molecule has 13 heteroatoms. The number of aliphatic hydroxyl groups excluding tert-OH is 1. The van der Waals surface area contributed by atoms with Crippen LogP contribution in [0, 0.1) is 0 Å². The summed E-state index contributed by atoms with van der Waals surface area (Å²) < 4.78 is 5.33. The van der Waals surface area contributed by atoms with E-state index in [0.29, 0.717) is 5.56 Å². The molecule has 29 heavy (non-hydrogen) atoms. The van der Waals surface area contributed by atoms with E-state index >= 15 is 0 Å². The van der Waals surface area contributed by atoms with E-state index in [2.05, 4.69) is 15.6 Å². The van der Waals surface area contributed by atoms with Gasteiger partial charge in [0.1, 0.15) is 12.4 Å². The Bertz CT molecular complexity index is 953. The van der Waals surface area contributed by atoms with Gasteiger partial charge in [-0.3, -0.25) is 9.59 Å². The first-order valence-corrected chi connectivity index (χ1v) is 9.29. The molecule has 0 saturated carbocycles. The number of benzene rings is 1. The van der Waals surface area contributed by atoms with Crippen LogP contribution in [0.1, 0.15) is 27.7 Å². The Morgan fingerprint density at radius 2 is 2.17 bits per heavy atom. The summed E-state index contributed by atoms with van der Waals surface area (Å²) in [6, 6.07) is 3.26. The maximum Gasteiger partial charge on any atom is 0.547 e. The number of carbonyl (C=O) groups is 3. The average Bonchev–Trinajstić information content (AvgIpc) is 3.11. The monoisotopic (exact) mass is 420 g/mol. The molecule has 1 aromatic heterocycles. The number of hydrogen-bond donors (Lipinski definition) is 6. The van der Waals surface area contributed by atoms with Crippen molar-refractivity contribution in [1.29, 1.82) is 0 Å². The zero-order valence-corrected chi connectivity index (χ0v) is 15.7. The van der Waals surface area contributed by atoms with E-state index in [-0.39, 0.29) is 28.6 Å². The first kappa shape index (κ1) is 20.6. The molecule has 0 saturated heterocycles. The molecule has 1 aromatic carbocycles. The Labute approximate surface area is 168 Å². The quantitative estimate of drug-likeness (QED) is 0.310. The van der Waals surface area contributed by atoms with Crippen molar-refractivity contribution in [2.75, 3.05) is 12.3 Å². The van der Waals surface area contributed by atoms with Gasteiger partial charge in [-0.2, -0.15) is 0 Å². The van der Waals surface area contributed by atoms with Crippen LogP contribution in [0.15, 0.2) is 23.6 Å². The Morgan fingerprint density at radius 1 is 1.41 bits per heavy atom. The summed E-state index contributed by atoms with van der Waals surface area (Å²) >= 11 is 1.07. The van der Waals surface area contributed by atoms with Crippen molar-refractivity contribution in [2.45, 2.75) is 18.4 Å². The van der Waals surface area contributed by atoms with Crippen LogP contribution in [0.4, 0.5) is 5.13 Å². The molecule has 1 unspecified atom stereocenters. The van der Waals surface area contributed by atoms with Crippen LogP contribution in [-0.2, 0) is 16.0 Å². The van der Waals surface area contributed by atoms with Gasteiger partial charge in [0.2, 0.25) is 11.8 Å². The maximum atomic E-state index is 12.8. The molecule has 0 radical (unpaired) electrons. The molecule has 2 amide bonds. The predicted molar refractivity (Wildman–Crippen MR) is 102 cm³/mol. The normalized spacial score (nSPS) is 16.3. The van der Waals surface area contributed by atoms with Crippen LogP contribution in [0.5, 0.6) is 5.75 Å². The number of para-hydroxylation sites is 1. The third kappa shape index (κ3) is 4.47. The molecule has 0 bridgehead atoms. The summed E-state index contributed by atoms with van der Waals surface area (Å²) in [5, 5.41) is 35.0. The van der Waals surface area contributed by atoms with Gasteiger partial charge in [-0.1, -0.05) is 12.1 Å². The van der Waals surface area contributed by atoms with Crippen LogP contribution in [0.25, 0.3) is 0 Å². The van der Waals surface area contributed by atoms with Crippen LogP contribution >= 0.6 is 11.3 Å². The first-order chi connectivity index (χ1) is 13.8. The molecule has 0 fully saturated rings. The Balaban J connectivity index is 1.80. The maximum absolute atomic E-state index is 12.8. The summed E-state index contributed by atoms with van der Waals surface area (Å²) in [7, 11) is -1.51. The SMILES string of the molecule is Nc1nc(C(NC(=O)CO)C(=O)N[C@H]2Cc3cccc(C(=O)O)c3OB2O)cs1. The number of nitrogens with one attached hydrogen (secondary N) is 2. The van der Waals surface area contributed by atoms with E-state index in [4.69, 9.17) is 15.5 Å². The highest BCUT2D eigenvalue weighted by Crippen LogP contribution is 2.30. The van der Waals surface area contributed by atoms with Crippen molar-refractivity contribution >= 4 is 41.4 Å². The fourth-order valence-electron chi connectivity index (χ4n) is 2.90. The molecular formula is C16H17BN4O7S. The smallest absolute Gasteiger partial charge is 0.534 e. The fraction of sp³-hybridized carbons (Fsp3) is 0.250. The van der Waals surface area contributed by atoms with Crippen LogP contribution in [0.2, 0.25) is 0 Å². The highest BCUT2D eigenvalue weighted by molar-refractivity contribution is 7.13. The fourth-order valence-corrected chi connectivity index (χ4v) is 3.48. The van der Waals surface area contributed by atoms with Crippen LogP contribution < -0.4 is 21.0 Å². The number of anilines is 1. The van der Waals surface area contributed by atoms with Crippen molar-refractivity contribution in [1.82, 2.24) is 15.6 Å². The number of carboxylic acids is 1. The Hall–Kier alpha value is -3.16. The average molecular weight is 420 g/mol. The number of rotatable bonds is 6. The lowest BCUT2D eigenvalue weighted by molar-refractivity contribution is -0.130. The molecule has 2 heterocycles. The number of aromatic carboxylic acids is 1. The summed E-state index contributed by atoms with van der Waals surface area (Å²) in [4.78, 5) is 39.7. The molecule has 0 aliphatic carbocycles. The molecule has 1 aliphatic heterocycles. The zero-order chi connectivity index (χ0) is 21.1. The van der Waals surface area contributed by atoms with Crippen molar-refractivity contribution in [3.8, 4) is 5.75 Å². The molecule has 7 N–H and O–H groups in total. The molecule has 0 spiro atoms. The van der Waals surface area contributed by atoms with E-state index in [1.807, 2.05) is 0 Å². The lowest BCUT2D eigenvalue weighted by Crippen LogP contribution is -2.55. The molecule has 152 valence electrons. The highest BCUT2D eigenvalue weighted by atomic mass is 32.1. The largest absolute Gasteiger partial charge is 0.547 e. The van der Waals surface area contributed by atoms with Gasteiger partial charge < -0.3 is 36.3 Å². The second kappa shape index (κ2) is 8.47. The summed E-state index contributed by atoms with van der Waals surface area (Å²) in [5.74, 6) is -3.58. The van der Waals surface area contributed by atoms with Crippen molar-refractivity contribution in [2.24, 2.45) is 0 Å². The van der Waals surface area contributed by atoms with E-state index < -0.39 is 43.5 Å². The number of hydrogen-bond acceptors (Lipinski definition) is 9. The number of nitrogens with two attached hydrogens (primary N) is 1. The first-order valence-electron chi connectivity index (χ1n) is 8.41. The third-order valence-electron chi connectivity index (χ3n) is 4.22. The van der Waals surface area contributed by atoms with Gasteiger partial charge in [-0.25, -0.2) is 9.78 Å². The topological polar surface area (TPSA) is 184 Å². The number of nitrogens with zero attached hydrogens (tertiary/aromatic N) is 1. The third-order valence-corrected chi connectivity index (χ3v) is 4.92. The minimum Gasteiger partial charge on any atom is -0.534 e. The molecular weight excluding hydrogens is 403 g/mol. The second-order valence-electron chi connectivity index (χ2n) is 6.20.